The van der Waals surface area contributed by atoms with E-state index in [1.807, 2.05) is 31.8 Å². The number of anilines is 1. The minimum Gasteiger partial charge on any atom is -0.376 e. The molecule has 0 fully saturated rings. The molecular weight excluding hydrogens is 266 g/mol. The van der Waals surface area contributed by atoms with Crippen molar-refractivity contribution >= 4 is 23.5 Å². The van der Waals surface area contributed by atoms with Gasteiger partial charge in [-0.25, -0.2) is 4.98 Å². The van der Waals surface area contributed by atoms with Gasteiger partial charge in [-0.3, -0.25) is 0 Å². The number of aromatic nitrogens is 2. The Morgan fingerprint density at radius 3 is 2.80 bits per heavy atom. The van der Waals surface area contributed by atoms with E-state index in [0.717, 1.165) is 26.7 Å². The van der Waals surface area contributed by atoms with Gasteiger partial charge < -0.3 is 9.47 Å². The average Bonchev–Trinajstić information content (AvgIpc) is 2.79. The highest BCUT2D eigenvalue weighted by molar-refractivity contribution is 7.99. The van der Waals surface area contributed by atoms with Crippen LogP contribution < -0.4 is 4.90 Å². The van der Waals surface area contributed by atoms with Crippen molar-refractivity contribution in [1.29, 1.82) is 0 Å². The summed E-state index contributed by atoms with van der Waals surface area (Å²) in [5.41, 5.74) is 2.87. The number of hydrogen-bond donors (Lipinski definition) is 0. The van der Waals surface area contributed by atoms with Crippen LogP contribution in [0.5, 0.6) is 0 Å². The van der Waals surface area contributed by atoms with Crippen molar-refractivity contribution in [3.63, 3.8) is 0 Å². The van der Waals surface area contributed by atoms with Crippen LogP contribution in [-0.4, -0.2) is 23.6 Å². The molecule has 0 aliphatic rings. The van der Waals surface area contributed by atoms with Crippen LogP contribution in [0, 0.1) is 12.3 Å². The van der Waals surface area contributed by atoms with E-state index in [0.29, 0.717) is 0 Å². The largest absolute Gasteiger partial charge is 0.376 e. The molecule has 102 valence electrons. The number of nitrogens with zero attached hydrogens (tertiary/aromatic N) is 3. The van der Waals surface area contributed by atoms with Crippen molar-refractivity contribution < 1.29 is 0 Å². The maximum Gasteiger partial charge on any atom is 0.102 e. The summed E-state index contributed by atoms with van der Waals surface area (Å²) in [7, 11) is 6.07. The molecule has 0 aromatic carbocycles. The zero-order valence-corrected chi connectivity index (χ0v) is 12.7. The van der Waals surface area contributed by atoms with E-state index in [2.05, 4.69) is 34.8 Å². The topological polar surface area (TPSA) is 21.1 Å². The number of rotatable bonds is 4. The Hall–Kier alpha value is -2.12. The summed E-state index contributed by atoms with van der Waals surface area (Å²) in [6.07, 6.45) is 13.2. The molecular formula is C16H17N3S. The fraction of sp³-hybridized carbons (Fsp3) is 0.188. The van der Waals surface area contributed by atoms with Crippen molar-refractivity contribution in [3.05, 3.63) is 42.4 Å². The fourth-order valence-corrected chi connectivity index (χ4v) is 2.93. The van der Waals surface area contributed by atoms with Gasteiger partial charge in [0.2, 0.25) is 0 Å². The molecule has 0 amide bonds. The normalized spacial score (nSPS) is 10.1. The van der Waals surface area contributed by atoms with E-state index < -0.39 is 0 Å². The second-order valence-electron chi connectivity index (χ2n) is 4.63. The molecule has 0 saturated heterocycles. The van der Waals surface area contributed by atoms with Gasteiger partial charge in [-0.05, 0) is 6.07 Å². The predicted molar refractivity (Wildman–Crippen MR) is 86.1 cm³/mol. The molecule has 3 nitrogen and oxygen atoms in total. The highest BCUT2D eigenvalue weighted by Gasteiger charge is 2.11. The Morgan fingerprint density at radius 2 is 2.20 bits per heavy atom. The third-order valence-corrected chi connectivity index (χ3v) is 3.85. The Labute approximate surface area is 124 Å². The van der Waals surface area contributed by atoms with Gasteiger partial charge in [-0.15, -0.1) is 6.42 Å². The van der Waals surface area contributed by atoms with Crippen molar-refractivity contribution in [2.45, 2.75) is 9.92 Å². The average molecular weight is 283 g/mol. The summed E-state index contributed by atoms with van der Waals surface area (Å²) in [4.78, 5) is 7.67. The maximum atomic E-state index is 5.52. The predicted octanol–water partition coefficient (Wildman–Crippen LogP) is 3.26. The van der Waals surface area contributed by atoms with Crippen LogP contribution in [0.2, 0.25) is 0 Å². The number of aryl methyl sites for hydroxylation is 1. The summed E-state index contributed by atoms with van der Waals surface area (Å²) >= 11 is 1.61. The van der Waals surface area contributed by atoms with Crippen molar-refractivity contribution in [3.8, 4) is 12.3 Å². The highest BCUT2D eigenvalue weighted by atomic mass is 32.2. The lowest BCUT2D eigenvalue weighted by Gasteiger charge is -2.12. The third-order valence-electron chi connectivity index (χ3n) is 2.88. The van der Waals surface area contributed by atoms with Gasteiger partial charge in [-0.2, -0.15) is 0 Å². The van der Waals surface area contributed by atoms with Crippen molar-refractivity contribution in [2.75, 3.05) is 19.0 Å². The monoisotopic (exact) mass is 283 g/mol. The van der Waals surface area contributed by atoms with Gasteiger partial charge >= 0.3 is 0 Å². The van der Waals surface area contributed by atoms with E-state index in [1.54, 1.807) is 24.0 Å². The summed E-state index contributed by atoms with van der Waals surface area (Å²) < 4.78 is 2.04. The minimum atomic E-state index is 0.819. The summed E-state index contributed by atoms with van der Waals surface area (Å²) in [6, 6.07) is 1.92. The zero-order chi connectivity index (χ0) is 14.7. The molecule has 20 heavy (non-hydrogen) atoms. The lowest BCUT2D eigenvalue weighted by molar-refractivity contribution is 0.918. The van der Waals surface area contributed by atoms with Crippen LogP contribution in [0.25, 0.3) is 6.08 Å². The zero-order valence-electron chi connectivity index (χ0n) is 11.9. The summed E-state index contributed by atoms with van der Waals surface area (Å²) in [5.74, 6) is 2.68. The molecule has 0 N–H and O–H groups in total. The smallest absolute Gasteiger partial charge is 0.102 e. The molecule has 0 aliphatic heterocycles. The van der Waals surface area contributed by atoms with Crippen LogP contribution in [0.3, 0.4) is 0 Å². The second kappa shape index (κ2) is 5.89. The van der Waals surface area contributed by atoms with Gasteiger partial charge in [0.1, 0.15) is 5.03 Å². The fourth-order valence-electron chi connectivity index (χ4n) is 1.86. The molecule has 2 heterocycles. The van der Waals surface area contributed by atoms with E-state index in [9.17, 15) is 0 Å². The van der Waals surface area contributed by atoms with E-state index >= 15 is 0 Å². The van der Waals surface area contributed by atoms with Gasteiger partial charge in [0, 0.05) is 50.9 Å². The second-order valence-corrected chi connectivity index (χ2v) is 5.69. The minimum absolute atomic E-state index is 0.819. The molecule has 0 unspecified atom stereocenters. The standard InChI is InChI=1S/C16H17N3S/c1-6-12-8-16(17-9-13(12)7-2)20-15-11-19(5)10-14(15)18(3)4/h1,7-11H,2H2,3-5H3. The molecule has 0 saturated carbocycles. The third kappa shape index (κ3) is 2.89. The number of terminal acetylenes is 1. The quantitative estimate of drug-likeness (QED) is 0.804. The molecule has 2 aromatic rings. The molecule has 2 aromatic heterocycles. The van der Waals surface area contributed by atoms with Crippen molar-refractivity contribution in [2.24, 2.45) is 7.05 Å². The first-order valence-corrected chi connectivity index (χ1v) is 6.97. The Balaban J connectivity index is 2.36. The van der Waals surface area contributed by atoms with Crippen LogP contribution in [0.4, 0.5) is 5.69 Å². The summed E-state index contributed by atoms with van der Waals surface area (Å²) in [5, 5.41) is 0.887. The van der Waals surface area contributed by atoms with Gasteiger partial charge in [0.05, 0.1) is 10.6 Å². The lowest BCUT2D eigenvalue weighted by atomic mass is 10.1. The molecule has 2 rings (SSSR count). The lowest BCUT2D eigenvalue weighted by Crippen LogP contribution is -2.08. The van der Waals surface area contributed by atoms with Crippen molar-refractivity contribution in [1.82, 2.24) is 9.55 Å². The number of pyridine rings is 1. The SMILES string of the molecule is C#Cc1cc(Sc2cn(C)cc2N(C)C)ncc1C=C. The van der Waals surface area contributed by atoms with E-state index in [-0.39, 0.29) is 0 Å². The van der Waals surface area contributed by atoms with Gasteiger partial charge in [0.15, 0.2) is 0 Å². The Kier molecular flexibility index (Phi) is 4.21. The van der Waals surface area contributed by atoms with Crippen LogP contribution >= 0.6 is 11.8 Å². The van der Waals surface area contributed by atoms with Gasteiger partial charge in [-0.1, -0.05) is 30.3 Å². The van der Waals surface area contributed by atoms with Crippen LogP contribution in [0.1, 0.15) is 11.1 Å². The first-order chi connectivity index (χ1) is 9.55. The van der Waals surface area contributed by atoms with Crippen LogP contribution in [-0.2, 0) is 7.05 Å². The van der Waals surface area contributed by atoms with E-state index in [4.69, 9.17) is 6.42 Å². The molecule has 4 heteroatoms. The molecule has 0 spiro atoms. The highest BCUT2D eigenvalue weighted by Crippen LogP contribution is 2.35. The first-order valence-electron chi connectivity index (χ1n) is 6.15. The van der Waals surface area contributed by atoms with E-state index in [1.165, 1.54) is 0 Å². The molecule has 0 atom stereocenters. The Morgan fingerprint density at radius 1 is 1.45 bits per heavy atom. The number of hydrogen-bond acceptors (Lipinski definition) is 3. The summed E-state index contributed by atoms with van der Waals surface area (Å²) in [6.45, 7) is 3.74. The Bertz CT molecular complexity index is 678. The molecule has 0 bridgehead atoms. The van der Waals surface area contributed by atoms with Gasteiger partial charge in [0.25, 0.3) is 0 Å². The van der Waals surface area contributed by atoms with Crippen LogP contribution in [0.15, 0.2) is 41.2 Å². The molecule has 0 radical (unpaired) electrons. The molecule has 0 aliphatic carbocycles. The maximum absolute atomic E-state index is 5.52. The first kappa shape index (κ1) is 14.3.